The van der Waals surface area contributed by atoms with Gasteiger partial charge in [0.15, 0.2) is 0 Å². The van der Waals surface area contributed by atoms with Crippen molar-refractivity contribution in [2.45, 2.75) is 25.4 Å². The number of pyridine rings is 1. The number of carboxylic acids is 1. The highest BCUT2D eigenvalue weighted by Crippen LogP contribution is 2.16. The number of hydrogen-bond acceptors (Lipinski definition) is 4. The fraction of sp³-hybridized carbons (Fsp3) is 0.500. The molecule has 1 aliphatic rings. The van der Waals surface area contributed by atoms with Crippen LogP contribution >= 0.6 is 0 Å². The van der Waals surface area contributed by atoms with E-state index >= 15 is 0 Å². The monoisotopic (exact) mass is 296 g/mol. The molecule has 6 nitrogen and oxygen atoms in total. The summed E-state index contributed by atoms with van der Waals surface area (Å²) in [7, 11) is 0. The lowest BCUT2D eigenvalue weighted by Gasteiger charge is -2.31. The summed E-state index contributed by atoms with van der Waals surface area (Å²) in [6, 6.07) is 4.14. The van der Waals surface area contributed by atoms with Crippen LogP contribution < -0.4 is 0 Å². The van der Waals surface area contributed by atoms with Crippen LogP contribution in [0.3, 0.4) is 0 Å². The van der Waals surface area contributed by atoms with Crippen LogP contribution in [0.15, 0.2) is 18.2 Å². The van der Waals surface area contributed by atoms with E-state index < -0.39 is 11.9 Å². The summed E-state index contributed by atoms with van der Waals surface area (Å²) in [6.07, 6.45) is 1.22. The van der Waals surface area contributed by atoms with Crippen molar-refractivity contribution >= 4 is 11.9 Å². The number of rotatable bonds is 5. The van der Waals surface area contributed by atoms with Gasteiger partial charge in [0.2, 0.25) is 5.95 Å². The van der Waals surface area contributed by atoms with Crippen LogP contribution in [0, 0.1) is 5.95 Å². The van der Waals surface area contributed by atoms with Gasteiger partial charge >= 0.3 is 5.97 Å². The molecule has 0 saturated carbocycles. The molecule has 0 atom stereocenters. The summed E-state index contributed by atoms with van der Waals surface area (Å²) >= 11 is 0. The fourth-order valence-electron chi connectivity index (χ4n) is 2.23. The lowest BCUT2D eigenvalue weighted by molar-refractivity contribution is -0.138. The van der Waals surface area contributed by atoms with Crippen LogP contribution in [0.4, 0.5) is 4.39 Å². The highest BCUT2D eigenvalue weighted by molar-refractivity contribution is 5.92. The Bertz CT molecular complexity index is 515. The number of likely N-dealkylation sites (tertiary alicyclic amines) is 1. The number of hydrogen-bond donors (Lipinski definition) is 1. The topological polar surface area (TPSA) is 79.7 Å². The molecule has 0 radical (unpaired) electrons. The van der Waals surface area contributed by atoms with Crippen molar-refractivity contribution in [1.82, 2.24) is 9.88 Å². The van der Waals surface area contributed by atoms with Gasteiger partial charge in [-0.3, -0.25) is 9.59 Å². The van der Waals surface area contributed by atoms with Crippen LogP contribution in [0.2, 0.25) is 0 Å². The predicted octanol–water partition coefficient (Wildman–Crippen LogP) is 1.32. The van der Waals surface area contributed by atoms with Crippen LogP contribution in [0.25, 0.3) is 0 Å². The Balaban J connectivity index is 1.81. The Morgan fingerprint density at radius 1 is 1.38 bits per heavy atom. The van der Waals surface area contributed by atoms with Crippen molar-refractivity contribution in [3.05, 3.63) is 29.8 Å². The van der Waals surface area contributed by atoms with Crippen molar-refractivity contribution in [3.63, 3.8) is 0 Å². The van der Waals surface area contributed by atoms with E-state index in [1.165, 1.54) is 18.2 Å². The minimum Gasteiger partial charge on any atom is -0.481 e. The van der Waals surface area contributed by atoms with Gasteiger partial charge < -0.3 is 14.7 Å². The summed E-state index contributed by atoms with van der Waals surface area (Å²) in [4.78, 5) is 27.7. The van der Waals surface area contributed by atoms with Gasteiger partial charge in [0.05, 0.1) is 19.1 Å². The number of carboxylic acid groups (broad SMARTS) is 1. The highest BCUT2D eigenvalue weighted by atomic mass is 19.1. The van der Waals surface area contributed by atoms with Gasteiger partial charge in [-0.15, -0.1) is 0 Å². The average molecular weight is 296 g/mol. The first-order valence-electron chi connectivity index (χ1n) is 6.81. The molecule has 0 aromatic carbocycles. The fourth-order valence-corrected chi connectivity index (χ4v) is 2.23. The van der Waals surface area contributed by atoms with Crippen molar-refractivity contribution in [1.29, 1.82) is 0 Å². The van der Waals surface area contributed by atoms with Crippen molar-refractivity contribution in [3.8, 4) is 0 Å². The molecule has 0 aliphatic carbocycles. The van der Waals surface area contributed by atoms with Gasteiger partial charge in [-0.05, 0) is 25.0 Å². The SMILES string of the molecule is O=C(O)CCOC1CCN(C(=O)c2cccc(F)n2)CC1. The first kappa shape index (κ1) is 15.4. The number of piperidine rings is 1. The maximum absolute atomic E-state index is 13.0. The standard InChI is InChI=1S/C14H17FN2O4/c15-12-3-1-2-11(16-12)14(20)17-7-4-10(5-8-17)21-9-6-13(18)19/h1-3,10H,4-9H2,(H,18,19). The number of aliphatic carboxylic acids is 1. The van der Waals surface area contributed by atoms with Crippen LogP contribution in [0.1, 0.15) is 29.8 Å². The van der Waals surface area contributed by atoms with E-state index in [-0.39, 0.29) is 30.7 Å². The number of ether oxygens (including phenoxy) is 1. The van der Waals surface area contributed by atoms with E-state index in [9.17, 15) is 14.0 Å². The summed E-state index contributed by atoms with van der Waals surface area (Å²) < 4.78 is 18.5. The second kappa shape index (κ2) is 7.12. The third kappa shape index (κ3) is 4.49. The van der Waals surface area contributed by atoms with Crippen LogP contribution in [0.5, 0.6) is 0 Å². The number of nitrogens with zero attached hydrogens (tertiary/aromatic N) is 2. The zero-order valence-electron chi connectivity index (χ0n) is 11.5. The minimum absolute atomic E-state index is 0.0215. The Morgan fingerprint density at radius 2 is 2.10 bits per heavy atom. The molecule has 0 spiro atoms. The second-order valence-electron chi connectivity index (χ2n) is 4.85. The van der Waals surface area contributed by atoms with Crippen LogP contribution in [-0.2, 0) is 9.53 Å². The molecular formula is C14H17FN2O4. The number of aromatic nitrogens is 1. The van der Waals surface area contributed by atoms with E-state index in [4.69, 9.17) is 9.84 Å². The molecule has 1 aromatic rings. The van der Waals surface area contributed by atoms with E-state index in [2.05, 4.69) is 4.98 Å². The molecule has 114 valence electrons. The second-order valence-corrected chi connectivity index (χ2v) is 4.85. The van der Waals surface area contributed by atoms with E-state index in [1.54, 1.807) is 4.90 Å². The molecule has 2 heterocycles. The Kier molecular flexibility index (Phi) is 5.21. The molecule has 0 unspecified atom stereocenters. The van der Waals surface area contributed by atoms with Gasteiger partial charge in [-0.2, -0.15) is 4.39 Å². The summed E-state index contributed by atoms with van der Waals surface area (Å²) in [6.45, 7) is 1.17. The number of carbonyl (C=O) groups is 2. The Hall–Kier alpha value is -2.02. The smallest absolute Gasteiger partial charge is 0.305 e. The molecule has 7 heteroatoms. The highest BCUT2D eigenvalue weighted by Gasteiger charge is 2.24. The van der Waals surface area contributed by atoms with Crippen molar-refractivity contribution in [2.24, 2.45) is 0 Å². The number of carbonyl (C=O) groups excluding carboxylic acids is 1. The molecule has 1 saturated heterocycles. The van der Waals surface area contributed by atoms with Gasteiger partial charge in [0, 0.05) is 13.1 Å². The van der Waals surface area contributed by atoms with E-state index in [1.807, 2.05) is 0 Å². The van der Waals surface area contributed by atoms with Gasteiger partial charge in [-0.25, -0.2) is 4.98 Å². The zero-order chi connectivity index (χ0) is 15.2. The van der Waals surface area contributed by atoms with E-state index in [0.29, 0.717) is 25.9 Å². The first-order valence-corrected chi connectivity index (χ1v) is 6.81. The van der Waals surface area contributed by atoms with Gasteiger partial charge in [0.25, 0.3) is 5.91 Å². The minimum atomic E-state index is -0.889. The zero-order valence-corrected chi connectivity index (χ0v) is 11.5. The maximum Gasteiger partial charge on any atom is 0.305 e. The molecule has 0 bridgehead atoms. The Morgan fingerprint density at radius 3 is 2.71 bits per heavy atom. The quantitative estimate of drug-likeness (QED) is 0.829. The van der Waals surface area contributed by atoms with Crippen molar-refractivity contribution < 1.29 is 23.8 Å². The molecule has 1 fully saturated rings. The largest absolute Gasteiger partial charge is 0.481 e. The summed E-state index contributed by atoms with van der Waals surface area (Å²) in [5.74, 6) is -1.86. The van der Waals surface area contributed by atoms with Crippen LogP contribution in [-0.4, -0.2) is 52.7 Å². The van der Waals surface area contributed by atoms with Crippen molar-refractivity contribution in [2.75, 3.05) is 19.7 Å². The third-order valence-electron chi connectivity index (χ3n) is 3.33. The molecule has 2 rings (SSSR count). The molecule has 1 aromatic heterocycles. The molecular weight excluding hydrogens is 279 g/mol. The molecule has 1 amide bonds. The van der Waals surface area contributed by atoms with E-state index in [0.717, 1.165) is 0 Å². The predicted molar refractivity (Wildman–Crippen MR) is 71.3 cm³/mol. The van der Waals surface area contributed by atoms with Gasteiger partial charge in [-0.1, -0.05) is 6.07 Å². The lowest BCUT2D eigenvalue weighted by Crippen LogP contribution is -2.41. The molecule has 21 heavy (non-hydrogen) atoms. The first-order chi connectivity index (χ1) is 10.1. The number of amides is 1. The molecule has 1 N–H and O–H groups in total. The molecule has 1 aliphatic heterocycles. The van der Waals surface area contributed by atoms with Gasteiger partial charge in [0.1, 0.15) is 5.69 Å². The summed E-state index contributed by atoms with van der Waals surface area (Å²) in [5, 5.41) is 8.54. The normalized spacial score (nSPS) is 16.0. The number of halogens is 1. The summed E-state index contributed by atoms with van der Waals surface area (Å²) in [5.41, 5.74) is 0.0974. The maximum atomic E-state index is 13.0. The Labute approximate surface area is 121 Å². The average Bonchev–Trinajstić information content (AvgIpc) is 2.47. The lowest BCUT2D eigenvalue weighted by atomic mass is 10.1. The third-order valence-corrected chi connectivity index (χ3v) is 3.33.